The van der Waals surface area contributed by atoms with Gasteiger partial charge in [-0.25, -0.2) is 9.37 Å². The molecule has 2 aromatic heterocycles. The second kappa shape index (κ2) is 10.8. The maximum absolute atomic E-state index is 13.7. The number of carbonyl (C=O) groups is 2. The summed E-state index contributed by atoms with van der Waals surface area (Å²) in [5.41, 5.74) is 2.10. The topological polar surface area (TPSA) is 95.9 Å². The van der Waals surface area contributed by atoms with E-state index in [1.165, 1.54) is 23.1 Å². The van der Waals surface area contributed by atoms with Crippen LogP contribution in [0.15, 0.2) is 61.1 Å². The number of rotatable bonds is 6. The fourth-order valence-corrected chi connectivity index (χ4v) is 4.22. The lowest BCUT2D eigenvalue weighted by molar-refractivity contribution is 0.0313. The Kier molecular flexibility index (Phi) is 7.59. The molecule has 3 atom stereocenters. The van der Waals surface area contributed by atoms with Gasteiger partial charge in [0.15, 0.2) is 0 Å². The fraction of sp³-hybridized carbons (Fsp3) is 0.333. The zero-order valence-electron chi connectivity index (χ0n) is 20.5. The minimum Gasteiger partial charge on any atom is -0.472 e. The van der Waals surface area contributed by atoms with Gasteiger partial charge < -0.3 is 19.6 Å². The molecule has 188 valence electrons. The number of carbonyl (C=O) groups excluding carboxylic acids is 2. The Morgan fingerprint density at radius 1 is 1.25 bits per heavy atom. The van der Waals surface area contributed by atoms with Gasteiger partial charge >= 0.3 is 0 Å². The van der Waals surface area contributed by atoms with Crippen LogP contribution in [-0.2, 0) is 0 Å². The summed E-state index contributed by atoms with van der Waals surface area (Å²) in [7, 11) is 1.63. The number of pyridine rings is 2. The molecule has 0 bridgehead atoms. The lowest BCUT2D eigenvalue weighted by Crippen LogP contribution is -2.50. The molecule has 0 spiro atoms. The molecule has 1 aromatic carbocycles. The van der Waals surface area contributed by atoms with E-state index in [2.05, 4.69) is 9.97 Å². The standard InChI is InChI=1S/C27H29FN4O4/c1-17-14-32(18(2)16-33)27(35)23-12-21(19-7-9-29-10-8-19)13-30-25(23)36-24(17)15-31(3)26(34)20-5-4-6-22(28)11-20/h4-13,17-18,24,33H,14-16H2,1-3H3/t17-,18-,24-/m0/s1. The van der Waals surface area contributed by atoms with Crippen LogP contribution in [0.2, 0.25) is 0 Å². The number of aliphatic hydroxyl groups excluding tert-OH is 1. The monoisotopic (exact) mass is 492 g/mol. The van der Waals surface area contributed by atoms with Crippen LogP contribution >= 0.6 is 0 Å². The second-order valence-corrected chi connectivity index (χ2v) is 9.13. The van der Waals surface area contributed by atoms with E-state index in [-0.39, 0.29) is 47.9 Å². The number of aromatic nitrogens is 2. The molecule has 3 aromatic rings. The molecule has 0 unspecified atom stereocenters. The van der Waals surface area contributed by atoms with Gasteiger partial charge in [0.25, 0.3) is 11.8 Å². The largest absolute Gasteiger partial charge is 0.472 e. The van der Waals surface area contributed by atoms with Crippen molar-refractivity contribution in [3.05, 3.63) is 78.0 Å². The summed E-state index contributed by atoms with van der Waals surface area (Å²) in [5.74, 6) is -1.15. The maximum Gasteiger partial charge on any atom is 0.259 e. The van der Waals surface area contributed by atoms with Crippen molar-refractivity contribution in [3.8, 4) is 17.0 Å². The third-order valence-electron chi connectivity index (χ3n) is 6.41. The number of halogens is 1. The molecule has 0 saturated heterocycles. The maximum atomic E-state index is 13.7. The molecule has 4 rings (SSSR count). The van der Waals surface area contributed by atoms with Crippen LogP contribution < -0.4 is 4.74 Å². The van der Waals surface area contributed by atoms with E-state index in [0.29, 0.717) is 6.54 Å². The lowest BCUT2D eigenvalue weighted by Gasteiger charge is -2.37. The average Bonchev–Trinajstić information content (AvgIpc) is 2.90. The number of hydrogen-bond acceptors (Lipinski definition) is 6. The number of fused-ring (bicyclic) bond motifs is 1. The van der Waals surface area contributed by atoms with Crippen LogP contribution in [0.5, 0.6) is 5.88 Å². The van der Waals surface area contributed by atoms with Crippen LogP contribution in [0.25, 0.3) is 11.1 Å². The second-order valence-electron chi connectivity index (χ2n) is 9.13. The predicted molar refractivity (Wildman–Crippen MR) is 132 cm³/mol. The molecule has 36 heavy (non-hydrogen) atoms. The summed E-state index contributed by atoms with van der Waals surface area (Å²) >= 11 is 0. The van der Waals surface area contributed by atoms with Crippen molar-refractivity contribution in [2.24, 2.45) is 5.92 Å². The molecule has 0 saturated carbocycles. The van der Waals surface area contributed by atoms with E-state index in [1.54, 1.807) is 49.6 Å². The molecular formula is C27H29FN4O4. The summed E-state index contributed by atoms with van der Waals surface area (Å²) in [5, 5.41) is 9.84. The first kappa shape index (κ1) is 25.2. The normalized spacial score (nSPS) is 18.5. The van der Waals surface area contributed by atoms with Crippen molar-refractivity contribution in [1.29, 1.82) is 0 Å². The Bertz CT molecular complexity index is 1240. The van der Waals surface area contributed by atoms with Gasteiger partial charge in [-0.1, -0.05) is 13.0 Å². The summed E-state index contributed by atoms with van der Waals surface area (Å²) < 4.78 is 19.9. The first-order valence-electron chi connectivity index (χ1n) is 11.8. The molecule has 1 aliphatic rings. The third kappa shape index (κ3) is 5.36. The van der Waals surface area contributed by atoms with Crippen LogP contribution in [0.3, 0.4) is 0 Å². The highest BCUT2D eigenvalue weighted by molar-refractivity contribution is 5.98. The fourth-order valence-electron chi connectivity index (χ4n) is 4.22. The molecule has 3 heterocycles. The highest BCUT2D eigenvalue weighted by atomic mass is 19.1. The van der Waals surface area contributed by atoms with E-state index in [4.69, 9.17) is 4.74 Å². The van der Waals surface area contributed by atoms with E-state index in [1.807, 2.05) is 19.1 Å². The summed E-state index contributed by atoms with van der Waals surface area (Å²) in [6.07, 6.45) is 4.44. The van der Waals surface area contributed by atoms with Gasteiger partial charge in [0.1, 0.15) is 17.5 Å². The van der Waals surface area contributed by atoms with Crippen molar-refractivity contribution in [2.75, 3.05) is 26.7 Å². The lowest BCUT2D eigenvalue weighted by atomic mass is 9.99. The number of benzene rings is 1. The number of nitrogens with zero attached hydrogens (tertiary/aromatic N) is 4. The highest BCUT2D eigenvalue weighted by Crippen LogP contribution is 2.30. The van der Waals surface area contributed by atoms with Gasteiger partial charge in [-0.05, 0) is 48.9 Å². The minimum atomic E-state index is -0.507. The zero-order chi connectivity index (χ0) is 25.8. The summed E-state index contributed by atoms with van der Waals surface area (Å²) in [6.45, 7) is 4.01. The first-order chi connectivity index (χ1) is 17.3. The molecular weight excluding hydrogens is 463 g/mol. The predicted octanol–water partition coefficient (Wildman–Crippen LogP) is 3.28. The number of hydrogen-bond donors (Lipinski definition) is 1. The SMILES string of the molecule is C[C@H]1CN([C@@H](C)CO)C(=O)c2cc(-c3ccncc3)cnc2O[C@H]1CN(C)C(=O)c1cccc(F)c1. The van der Waals surface area contributed by atoms with Crippen LogP contribution in [-0.4, -0.2) is 75.6 Å². The van der Waals surface area contributed by atoms with E-state index in [0.717, 1.165) is 11.1 Å². The first-order valence-corrected chi connectivity index (χ1v) is 11.8. The minimum absolute atomic E-state index is 0.163. The van der Waals surface area contributed by atoms with Gasteiger partial charge in [-0.15, -0.1) is 0 Å². The number of aliphatic hydroxyl groups is 1. The van der Waals surface area contributed by atoms with Crippen molar-refractivity contribution in [1.82, 2.24) is 19.8 Å². The third-order valence-corrected chi connectivity index (χ3v) is 6.41. The molecule has 0 aliphatic carbocycles. The Hall–Kier alpha value is -3.85. The zero-order valence-corrected chi connectivity index (χ0v) is 20.5. The molecule has 8 nitrogen and oxygen atoms in total. The van der Waals surface area contributed by atoms with Gasteiger partial charge in [0.05, 0.1) is 19.2 Å². The average molecular weight is 493 g/mol. The van der Waals surface area contributed by atoms with Crippen LogP contribution in [0.4, 0.5) is 4.39 Å². The van der Waals surface area contributed by atoms with Crippen LogP contribution in [0, 0.1) is 11.7 Å². The van der Waals surface area contributed by atoms with E-state index >= 15 is 0 Å². The van der Waals surface area contributed by atoms with Gasteiger partial charge in [0.2, 0.25) is 5.88 Å². The van der Waals surface area contributed by atoms with Crippen molar-refractivity contribution >= 4 is 11.8 Å². The van der Waals surface area contributed by atoms with Crippen molar-refractivity contribution in [2.45, 2.75) is 26.0 Å². The van der Waals surface area contributed by atoms with Crippen LogP contribution in [0.1, 0.15) is 34.6 Å². The van der Waals surface area contributed by atoms with Gasteiger partial charge in [-0.3, -0.25) is 14.6 Å². The Morgan fingerprint density at radius 2 is 2.00 bits per heavy atom. The van der Waals surface area contributed by atoms with E-state index in [9.17, 15) is 19.1 Å². The molecule has 2 amide bonds. The molecule has 0 fully saturated rings. The molecule has 9 heteroatoms. The smallest absolute Gasteiger partial charge is 0.259 e. The quantitative estimate of drug-likeness (QED) is 0.568. The molecule has 1 aliphatic heterocycles. The highest BCUT2D eigenvalue weighted by Gasteiger charge is 2.35. The molecule has 0 radical (unpaired) electrons. The van der Waals surface area contributed by atoms with Crippen molar-refractivity contribution in [3.63, 3.8) is 0 Å². The number of amides is 2. The van der Waals surface area contributed by atoms with Gasteiger partial charge in [0, 0.05) is 49.2 Å². The van der Waals surface area contributed by atoms with Gasteiger partial charge in [-0.2, -0.15) is 0 Å². The van der Waals surface area contributed by atoms with Crippen molar-refractivity contribution < 1.29 is 23.8 Å². The Morgan fingerprint density at radius 3 is 2.69 bits per heavy atom. The Balaban J connectivity index is 1.67. The Labute approximate surface area is 209 Å². The number of ether oxygens (including phenoxy) is 1. The van der Waals surface area contributed by atoms with E-state index < -0.39 is 18.0 Å². The summed E-state index contributed by atoms with van der Waals surface area (Å²) in [6, 6.07) is 10.5. The summed E-state index contributed by atoms with van der Waals surface area (Å²) in [4.78, 5) is 38.1. The molecule has 1 N–H and O–H groups in total. The number of likely N-dealkylation sites (N-methyl/N-ethyl adjacent to an activating group) is 1.